The number of benzene rings is 1. The second-order valence-electron chi connectivity index (χ2n) is 5.01. The lowest BCUT2D eigenvalue weighted by Gasteiger charge is -2.23. The highest BCUT2D eigenvalue weighted by Gasteiger charge is 2.20. The second-order valence-corrected chi connectivity index (χ2v) is 5.79. The molecule has 0 aromatic heterocycles. The Balaban J connectivity index is 2.50. The van der Waals surface area contributed by atoms with E-state index in [-0.39, 0.29) is 30.8 Å². The normalized spacial score (nSPS) is 11.7. The molecule has 0 aliphatic heterocycles. The van der Waals surface area contributed by atoms with Crippen molar-refractivity contribution in [2.24, 2.45) is 5.92 Å². The summed E-state index contributed by atoms with van der Waals surface area (Å²) in [5, 5.41) is 0.728. The lowest BCUT2D eigenvalue weighted by molar-refractivity contribution is -0.146. The van der Waals surface area contributed by atoms with Crippen LogP contribution in [-0.4, -0.2) is 43.6 Å². The Kier molecular flexibility index (Phi) is 8.20. The number of rotatable bonds is 8. The average Bonchev–Trinajstić information content (AvgIpc) is 2.55. The Morgan fingerprint density at radius 2 is 2.00 bits per heavy atom. The van der Waals surface area contributed by atoms with E-state index in [9.17, 15) is 9.59 Å². The van der Waals surface area contributed by atoms with E-state index in [0.29, 0.717) is 28.9 Å². The molecule has 0 saturated carbocycles. The van der Waals surface area contributed by atoms with E-state index < -0.39 is 0 Å². The Morgan fingerprint density at radius 1 is 1.30 bits per heavy atom. The largest absolute Gasteiger partial charge is 0.491 e. The van der Waals surface area contributed by atoms with Crippen LogP contribution >= 0.6 is 23.2 Å². The molecule has 0 aliphatic rings. The van der Waals surface area contributed by atoms with Gasteiger partial charge < -0.3 is 14.4 Å². The standard InChI is InChI=1S/C16H21Cl2NO4/c1-4-19(10-11(2)16(21)22-3)14(20)8-9-23-13-7-5-6-12(17)15(13)18/h5-7,11H,4,8-10H2,1-3H3. The number of halogens is 2. The van der Waals surface area contributed by atoms with Gasteiger partial charge in [-0.15, -0.1) is 0 Å². The molecule has 128 valence electrons. The maximum absolute atomic E-state index is 12.2. The molecule has 0 aliphatic carbocycles. The summed E-state index contributed by atoms with van der Waals surface area (Å²) in [7, 11) is 1.33. The minimum absolute atomic E-state index is 0.0959. The fourth-order valence-electron chi connectivity index (χ4n) is 2.02. The molecule has 1 amide bonds. The maximum atomic E-state index is 12.2. The minimum atomic E-state index is -0.368. The number of hydrogen-bond acceptors (Lipinski definition) is 4. The summed E-state index contributed by atoms with van der Waals surface area (Å²) in [5.41, 5.74) is 0. The van der Waals surface area contributed by atoms with Gasteiger partial charge in [-0.3, -0.25) is 9.59 Å². The average molecular weight is 362 g/mol. The van der Waals surface area contributed by atoms with Crippen molar-refractivity contribution in [1.29, 1.82) is 0 Å². The van der Waals surface area contributed by atoms with E-state index in [1.54, 1.807) is 30.0 Å². The number of carbonyl (C=O) groups excluding carboxylic acids is 2. The molecule has 7 heteroatoms. The molecule has 1 rings (SSSR count). The van der Waals surface area contributed by atoms with Crippen molar-refractivity contribution in [2.45, 2.75) is 20.3 Å². The fourth-order valence-corrected chi connectivity index (χ4v) is 2.36. The van der Waals surface area contributed by atoms with E-state index in [4.69, 9.17) is 27.9 Å². The van der Waals surface area contributed by atoms with E-state index in [1.165, 1.54) is 7.11 Å². The molecule has 0 radical (unpaired) electrons. The van der Waals surface area contributed by atoms with Gasteiger partial charge in [-0.2, -0.15) is 0 Å². The summed E-state index contributed by atoms with van der Waals surface area (Å²) in [5.74, 6) is -0.357. The SMILES string of the molecule is CCN(CC(C)C(=O)OC)C(=O)CCOc1cccc(Cl)c1Cl. The van der Waals surface area contributed by atoms with Gasteiger partial charge in [0, 0.05) is 13.1 Å². The molecule has 23 heavy (non-hydrogen) atoms. The quantitative estimate of drug-likeness (QED) is 0.665. The summed E-state index contributed by atoms with van der Waals surface area (Å²) < 4.78 is 10.2. The van der Waals surface area contributed by atoms with E-state index in [2.05, 4.69) is 4.74 Å². The predicted octanol–water partition coefficient (Wildman–Crippen LogP) is 3.42. The van der Waals surface area contributed by atoms with Crippen molar-refractivity contribution in [3.8, 4) is 5.75 Å². The molecule has 1 unspecified atom stereocenters. The van der Waals surface area contributed by atoms with Crippen LogP contribution in [0.25, 0.3) is 0 Å². The van der Waals surface area contributed by atoms with Crippen molar-refractivity contribution >= 4 is 35.1 Å². The highest BCUT2D eigenvalue weighted by molar-refractivity contribution is 6.42. The number of methoxy groups -OCH3 is 1. The van der Waals surface area contributed by atoms with Gasteiger partial charge in [0.1, 0.15) is 10.8 Å². The molecular formula is C16H21Cl2NO4. The molecule has 0 heterocycles. The van der Waals surface area contributed by atoms with Crippen LogP contribution in [0.5, 0.6) is 5.75 Å². The predicted molar refractivity (Wildman–Crippen MR) is 90.0 cm³/mol. The van der Waals surface area contributed by atoms with E-state index in [1.807, 2.05) is 6.92 Å². The summed E-state index contributed by atoms with van der Waals surface area (Å²) in [4.78, 5) is 25.2. The monoisotopic (exact) mass is 361 g/mol. The lowest BCUT2D eigenvalue weighted by Crippen LogP contribution is -2.37. The van der Waals surface area contributed by atoms with Gasteiger partial charge in [0.2, 0.25) is 5.91 Å². The van der Waals surface area contributed by atoms with Gasteiger partial charge in [0.25, 0.3) is 0 Å². The first-order valence-electron chi connectivity index (χ1n) is 7.33. The van der Waals surface area contributed by atoms with Crippen molar-refractivity contribution < 1.29 is 19.1 Å². The highest BCUT2D eigenvalue weighted by atomic mass is 35.5. The highest BCUT2D eigenvalue weighted by Crippen LogP contribution is 2.31. The molecule has 0 bridgehead atoms. The third-order valence-electron chi connectivity index (χ3n) is 3.32. The number of esters is 1. The number of carbonyl (C=O) groups is 2. The summed E-state index contributed by atoms with van der Waals surface area (Å²) >= 11 is 11.9. The zero-order valence-corrected chi connectivity index (χ0v) is 15.0. The molecule has 5 nitrogen and oxygen atoms in total. The molecule has 1 atom stereocenters. The summed E-state index contributed by atoms with van der Waals surface area (Å²) in [6.45, 7) is 4.60. The molecule has 1 aromatic rings. The zero-order valence-electron chi connectivity index (χ0n) is 13.5. The molecule has 0 saturated heterocycles. The topological polar surface area (TPSA) is 55.8 Å². The van der Waals surface area contributed by atoms with Gasteiger partial charge >= 0.3 is 5.97 Å². The van der Waals surface area contributed by atoms with E-state index in [0.717, 1.165) is 0 Å². The third kappa shape index (κ3) is 5.92. The van der Waals surface area contributed by atoms with Crippen LogP contribution in [0.15, 0.2) is 18.2 Å². The van der Waals surface area contributed by atoms with Gasteiger partial charge in [-0.05, 0) is 19.1 Å². The van der Waals surface area contributed by atoms with E-state index >= 15 is 0 Å². The Morgan fingerprint density at radius 3 is 2.61 bits per heavy atom. The third-order valence-corrected chi connectivity index (χ3v) is 4.12. The zero-order chi connectivity index (χ0) is 17.4. The maximum Gasteiger partial charge on any atom is 0.310 e. The van der Waals surface area contributed by atoms with Gasteiger partial charge in [-0.25, -0.2) is 0 Å². The van der Waals surface area contributed by atoms with Crippen LogP contribution in [0.3, 0.4) is 0 Å². The number of nitrogens with zero attached hydrogens (tertiary/aromatic N) is 1. The van der Waals surface area contributed by atoms with Crippen LogP contribution in [0.1, 0.15) is 20.3 Å². The van der Waals surface area contributed by atoms with Crippen LogP contribution in [0.2, 0.25) is 10.0 Å². The first kappa shape index (κ1) is 19.6. The molecular weight excluding hydrogens is 341 g/mol. The number of ether oxygens (including phenoxy) is 2. The lowest BCUT2D eigenvalue weighted by atomic mass is 10.1. The first-order valence-corrected chi connectivity index (χ1v) is 8.08. The second kappa shape index (κ2) is 9.63. The summed E-state index contributed by atoms with van der Waals surface area (Å²) in [6, 6.07) is 5.08. The van der Waals surface area contributed by atoms with Gasteiger partial charge in [0.05, 0.1) is 31.1 Å². The molecule has 0 spiro atoms. The fraction of sp³-hybridized carbons (Fsp3) is 0.500. The molecule has 0 fully saturated rings. The van der Waals surface area contributed by atoms with Gasteiger partial charge in [0.15, 0.2) is 0 Å². The van der Waals surface area contributed by atoms with Crippen LogP contribution in [0.4, 0.5) is 0 Å². The van der Waals surface area contributed by atoms with Crippen molar-refractivity contribution in [2.75, 3.05) is 26.8 Å². The summed E-state index contributed by atoms with van der Waals surface area (Å²) in [6.07, 6.45) is 0.185. The first-order chi connectivity index (χ1) is 10.9. The van der Waals surface area contributed by atoms with Crippen molar-refractivity contribution in [1.82, 2.24) is 4.90 Å². The number of amides is 1. The van der Waals surface area contributed by atoms with Crippen LogP contribution < -0.4 is 4.74 Å². The Labute approximate surface area is 146 Å². The molecule has 0 N–H and O–H groups in total. The molecule has 1 aromatic carbocycles. The van der Waals surface area contributed by atoms with Crippen LogP contribution in [-0.2, 0) is 14.3 Å². The smallest absolute Gasteiger partial charge is 0.310 e. The number of hydrogen-bond donors (Lipinski definition) is 0. The van der Waals surface area contributed by atoms with Crippen LogP contribution in [0, 0.1) is 5.92 Å². The van der Waals surface area contributed by atoms with Crippen molar-refractivity contribution in [3.05, 3.63) is 28.2 Å². The Hall–Kier alpha value is -1.46. The van der Waals surface area contributed by atoms with Gasteiger partial charge in [-0.1, -0.05) is 36.2 Å². The van der Waals surface area contributed by atoms with Crippen molar-refractivity contribution in [3.63, 3.8) is 0 Å². The Bertz CT molecular complexity index is 551. The minimum Gasteiger partial charge on any atom is -0.491 e.